The van der Waals surface area contributed by atoms with Crippen LogP contribution in [0.2, 0.25) is 0 Å². The second-order valence-corrected chi connectivity index (χ2v) is 7.89. The van der Waals surface area contributed by atoms with E-state index in [2.05, 4.69) is 97.6 Å². The maximum absolute atomic E-state index is 5.98. The predicted molar refractivity (Wildman–Crippen MR) is 125 cm³/mol. The van der Waals surface area contributed by atoms with Gasteiger partial charge in [0, 0.05) is 6.42 Å². The number of benzene rings is 3. The monoisotopic (exact) mass is 395 g/mol. The molecule has 0 spiro atoms. The van der Waals surface area contributed by atoms with Gasteiger partial charge in [0.2, 0.25) is 0 Å². The zero-order chi connectivity index (χ0) is 20.7. The van der Waals surface area contributed by atoms with E-state index in [1.807, 2.05) is 6.08 Å². The molecule has 0 saturated carbocycles. The summed E-state index contributed by atoms with van der Waals surface area (Å²) in [6.45, 7) is 3.82. The standard InChI is InChI=1S/C28H29NO/c1-2-3-4-14-21-26-22-27(29-30-26)28(23-15-8-5-9-16-23,24-17-10-6-11-18-24)25-19-12-7-13-20-25/h2,5-13,15-20,26H,1,3-4,14,21-22H2. The highest BCUT2D eigenvalue weighted by atomic mass is 16.6. The van der Waals surface area contributed by atoms with Gasteiger partial charge in [0.25, 0.3) is 0 Å². The number of unbranched alkanes of at least 4 members (excludes halogenated alkanes) is 2. The Labute approximate surface area is 179 Å². The number of hydrogen-bond donors (Lipinski definition) is 0. The Balaban J connectivity index is 1.78. The Morgan fingerprint density at radius 2 is 1.30 bits per heavy atom. The minimum absolute atomic E-state index is 0.139. The second kappa shape index (κ2) is 9.58. The summed E-state index contributed by atoms with van der Waals surface area (Å²) in [5.74, 6) is 0. The second-order valence-electron chi connectivity index (χ2n) is 7.89. The van der Waals surface area contributed by atoms with Crippen LogP contribution >= 0.6 is 0 Å². The summed E-state index contributed by atoms with van der Waals surface area (Å²) in [5.41, 5.74) is 4.28. The molecule has 4 rings (SSSR count). The fraction of sp³-hybridized carbons (Fsp3) is 0.250. The van der Waals surface area contributed by atoms with E-state index < -0.39 is 5.41 Å². The molecule has 3 aromatic rings. The molecule has 0 aromatic heterocycles. The van der Waals surface area contributed by atoms with Gasteiger partial charge in [-0.3, -0.25) is 0 Å². The van der Waals surface area contributed by atoms with Gasteiger partial charge in [0.1, 0.15) is 6.10 Å². The van der Waals surface area contributed by atoms with E-state index in [4.69, 9.17) is 9.99 Å². The van der Waals surface area contributed by atoms with Crippen molar-refractivity contribution < 1.29 is 4.84 Å². The first kappa shape index (κ1) is 20.2. The first-order valence-electron chi connectivity index (χ1n) is 10.9. The zero-order valence-electron chi connectivity index (χ0n) is 17.4. The normalized spacial score (nSPS) is 16.0. The van der Waals surface area contributed by atoms with Gasteiger partial charge in [0.05, 0.1) is 11.1 Å². The van der Waals surface area contributed by atoms with Gasteiger partial charge in [-0.25, -0.2) is 0 Å². The smallest absolute Gasteiger partial charge is 0.132 e. The number of oxime groups is 1. The zero-order valence-corrected chi connectivity index (χ0v) is 17.4. The number of hydrogen-bond acceptors (Lipinski definition) is 2. The van der Waals surface area contributed by atoms with E-state index in [1.165, 1.54) is 16.7 Å². The molecule has 0 radical (unpaired) electrons. The van der Waals surface area contributed by atoms with Crippen molar-refractivity contribution in [2.24, 2.45) is 5.16 Å². The van der Waals surface area contributed by atoms with Crippen LogP contribution in [0, 0.1) is 0 Å². The van der Waals surface area contributed by atoms with E-state index in [-0.39, 0.29) is 6.10 Å². The van der Waals surface area contributed by atoms with E-state index in [9.17, 15) is 0 Å². The molecule has 0 bridgehead atoms. The number of allylic oxidation sites excluding steroid dienone is 1. The quantitative estimate of drug-likeness (QED) is 0.219. The van der Waals surface area contributed by atoms with E-state index in [0.29, 0.717) is 0 Å². The van der Waals surface area contributed by atoms with Crippen molar-refractivity contribution in [3.63, 3.8) is 0 Å². The van der Waals surface area contributed by atoms with Crippen molar-refractivity contribution in [2.75, 3.05) is 0 Å². The molecule has 2 nitrogen and oxygen atoms in total. The van der Waals surface area contributed by atoms with E-state index in [1.54, 1.807) is 0 Å². The molecule has 1 heterocycles. The maximum atomic E-state index is 5.98. The summed E-state index contributed by atoms with van der Waals surface area (Å²) >= 11 is 0. The van der Waals surface area contributed by atoms with Crippen molar-refractivity contribution >= 4 is 5.71 Å². The molecule has 1 aliphatic rings. The topological polar surface area (TPSA) is 21.6 Å². The summed E-state index contributed by atoms with van der Waals surface area (Å²) in [4.78, 5) is 5.98. The van der Waals surface area contributed by atoms with E-state index >= 15 is 0 Å². The molecule has 1 unspecified atom stereocenters. The molecule has 1 aliphatic heterocycles. The minimum atomic E-state index is -0.459. The molecule has 0 N–H and O–H groups in total. The van der Waals surface area contributed by atoms with Gasteiger partial charge in [-0.05, 0) is 42.4 Å². The lowest BCUT2D eigenvalue weighted by atomic mass is 9.65. The summed E-state index contributed by atoms with van der Waals surface area (Å²) in [6, 6.07) is 32.1. The summed E-state index contributed by atoms with van der Waals surface area (Å²) in [7, 11) is 0. The third-order valence-electron chi connectivity index (χ3n) is 5.97. The molecule has 2 heteroatoms. The third-order valence-corrected chi connectivity index (χ3v) is 5.97. The lowest BCUT2D eigenvalue weighted by Gasteiger charge is -2.35. The highest BCUT2D eigenvalue weighted by Gasteiger charge is 2.44. The summed E-state index contributed by atoms with van der Waals surface area (Å²) in [5, 5.41) is 4.71. The fourth-order valence-electron chi connectivity index (χ4n) is 4.53. The highest BCUT2D eigenvalue weighted by Crippen LogP contribution is 2.43. The number of nitrogens with zero attached hydrogens (tertiary/aromatic N) is 1. The summed E-state index contributed by atoms with van der Waals surface area (Å²) < 4.78 is 0. The lowest BCUT2D eigenvalue weighted by Crippen LogP contribution is -2.38. The maximum Gasteiger partial charge on any atom is 0.132 e. The van der Waals surface area contributed by atoms with Crippen LogP contribution in [0.1, 0.15) is 48.8 Å². The molecule has 0 amide bonds. The van der Waals surface area contributed by atoms with E-state index in [0.717, 1.165) is 37.8 Å². The Hall–Kier alpha value is -3.13. The molecule has 1 atom stereocenters. The summed E-state index contributed by atoms with van der Waals surface area (Å²) in [6.07, 6.45) is 7.34. The lowest BCUT2D eigenvalue weighted by molar-refractivity contribution is 0.0772. The van der Waals surface area contributed by atoms with Crippen LogP contribution < -0.4 is 0 Å². The van der Waals surface area contributed by atoms with Crippen LogP contribution in [0.25, 0.3) is 0 Å². The molecule has 3 aromatic carbocycles. The fourth-order valence-corrected chi connectivity index (χ4v) is 4.53. The van der Waals surface area contributed by atoms with Gasteiger partial charge in [-0.15, -0.1) is 6.58 Å². The average molecular weight is 396 g/mol. The van der Waals surface area contributed by atoms with Gasteiger partial charge in [0.15, 0.2) is 0 Å². The molecular formula is C28H29NO. The Morgan fingerprint density at radius 1 is 0.800 bits per heavy atom. The molecule has 0 fully saturated rings. The average Bonchev–Trinajstić information content (AvgIpc) is 3.29. The molecular weight excluding hydrogens is 366 g/mol. The Morgan fingerprint density at radius 3 is 1.77 bits per heavy atom. The first-order valence-corrected chi connectivity index (χ1v) is 10.9. The van der Waals surface area contributed by atoms with Crippen LogP contribution in [0.4, 0.5) is 0 Å². The minimum Gasteiger partial charge on any atom is -0.392 e. The third kappa shape index (κ3) is 3.95. The molecule has 0 aliphatic carbocycles. The number of rotatable bonds is 9. The van der Waals surface area contributed by atoms with Crippen LogP contribution in [0.5, 0.6) is 0 Å². The van der Waals surface area contributed by atoms with Crippen molar-refractivity contribution in [2.45, 2.75) is 43.6 Å². The van der Waals surface area contributed by atoms with Crippen LogP contribution in [-0.4, -0.2) is 11.8 Å². The van der Waals surface area contributed by atoms with Gasteiger partial charge >= 0.3 is 0 Å². The van der Waals surface area contributed by atoms with Crippen molar-refractivity contribution in [1.82, 2.24) is 0 Å². The molecule has 0 saturated heterocycles. The first-order chi connectivity index (χ1) is 14.9. The van der Waals surface area contributed by atoms with Gasteiger partial charge in [-0.1, -0.05) is 102 Å². The van der Waals surface area contributed by atoms with Gasteiger partial charge < -0.3 is 4.84 Å². The Kier molecular flexibility index (Phi) is 6.44. The SMILES string of the molecule is C=CCCCCC1CC(C(c2ccccc2)(c2ccccc2)c2ccccc2)=NO1. The largest absolute Gasteiger partial charge is 0.392 e. The van der Waals surface area contributed by atoms with Crippen molar-refractivity contribution in [1.29, 1.82) is 0 Å². The predicted octanol–water partition coefficient (Wildman–Crippen LogP) is 6.91. The van der Waals surface area contributed by atoms with Crippen molar-refractivity contribution in [3.05, 3.63) is 120 Å². The molecule has 152 valence electrons. The van der Waals surface area contributed by atoms with Crippen LogP contribution in [0.3, 0.4) is 0 Å². The van der Waals surface area contributed by atoms with Gasteiger partial charge in [-0.2, -0.15) is 0 Å². The highest BCUT2D eigenvalue weighted by molar-refractivity contribution is 6.02. The van der Waals surface area contributed by atoms with Crippen molar-refractivity contribution in [3.8, 4) is 0 Å². The molecule has 30 heavy (non-hydrogen) atoms. The Bertz CT molecular complexity index is 867. The van der Waals surface area contributed by atoms with Crippen LogP contribution in [0.15, 0.2) is 109 Å². The van der Waals surface area contributed by atoms with Crippen LogP contribution in [-0.2, 0) is 10.3 Å².